The molecule has 0 aliphatic heterocycles. The van der Waals surface area contributed by atoms with Crippen molar-refractivity contribution < 1.29 is 0 Å². The van der Waals surface area contributed by atoms with Gasteiger partial charge in [-0.1, -0.05) is 370 Å². The summed E-state index contributed by atoms with van der Waals surface area (Å²) in [5.41, 5.74) is 37.3. The molecular formula is C134H96N6. The minimum absolute atomic E-state index is 0.917. The summed E-state index contributed by atoms with van der Waals surface area (Å²) in [6.45, 7) is 4.07. The molecule has 0 fully saturated rings. The third kappa shape index (κ3) is 15.8. The lowest BCUT2D eigenvalue weighted by Crippen LogP contribution is -2.01. The van der Waals surface area contributed by atoms with Gasteiger partial charge in [-0.2, -0.15) is 0 Å². The van der Waals surface area contributed by atoms with Gasteiger partial charge in [0.15, 0.2) is 0 Å². The summed E-state index contributed by atoms with van der Waals surface area (Å²) in [6.07, 6.45) is 23.0. The number of rotatable bonds is 20. The Morgan fingerprint density at radius 1 is 0.157 bits per heavy atom. The van der Waals surface area contributed by atoms with E-state index in [2.05, 4.69) is 563 Å². The lowest BCUT2D eigenvalue weighted by atomic mass is 9.92. The van der Waals surface area contributed by atoms with Crippen molar-refractivity contribution in [2.24, 2.45) is 0 Å². The molecule has 0 radical (unpaired) electrons. The average Bonchev–Trinajstić information content (AvgIpc) is 1.63. The van der Waals surface area contributed by atoms with Gasteiger partial charge in [-0.15, -0.1) is 0 Å². The fraction of sp³-hybridized carbons (Fsp3) is 0.0299. The van der Waals surface area contributed by atoms with Crippen molar-refractivity contribution in [1.29, 1.82) is 0 Å². The lowest BCUT2D eigenvalue weighted by Gasteiger charge is -2.13. The van der Waals surface area contributed by atoms with Crippen LogP contribution in [0.5, 0.6) is 0 Å². The molecule has 0 aliphatic rings. The quantitative estimate of drug-likeness (QED) is 0.0681. The summed E-state index contributed by atoms with van der Waals surface area (Å²) in [7, 11) is 0. The molecule has 0 N–H and O–H groups in total. The van der Waals surface area contributed by atoms with E-state index < -0.39 is 0 Å². The largest absolute Gasteiger partial charge is 0.341 e. The molecule has 0 spiro atoms. The molecule has 140 heavy (non-hydrogen) atoms. The Kier molecular flexibility index (Phi) is 21.7. The van der Waals surface area contributed by atoms with Gasteiger partial charge in [-0.05, 0) is 253 Å². The summed E-state index contributed by atoms with van der Waals surface area (Å²) in [4.78, 5) is 0. The van der Waals surface area contributed by atoms with Crippen LogP contribution in [0.2, 0.25) is 0 Å². The standard InChI is InChI=1S/C68H49N3.C66H47N3/c1-2-69-63-18-8-3-17-61(63)62-38-31-50(43-68(62)69)24-23-47-25-32-51(33-26-47)54-44-55(52-34-27-48(28-35-52)39-41-70-64-19-9-4-13-57(64)58-14-5-10-20-65(58)70)46-56(45-54)53-36-29-49(30-37-53)40-42-71-66-21-11-6-15-59(66)60-16-7-12-22-67(60)71;1-7-19-61-55(13-1)56-14-2-8-20-62(56)67(61)40-37-46-25-31-49(32-26-46)52-43-53(50-33-27-47(28-34-50)38-41-68-63-21-9-3-15-57(63)58-16-4-10-22-64(58)68)45-54(44-52)51-35-29-48(30-36-51)39-42-69-65-23-11-5-17-59(65)60-18-6-12-24-66(60)69/h3-46H,2H2,1H3;1-38,40-41,43-45H,39,42H2/b24-23?,41-39+,42-40+;40-37+,41-38+. The first-order valence-corrected chi connectivity index (χ1v) is 48.5. The molecule has 6 heteroatoms. The highest BCUT2D eigenvalue weighted by Crippen LogP contribution is 2.42. The van der Waals surface area contributed by atoms with Gasteiger partial charge < -0.3 is 27.4 Å². The summed E-state index contributed by atoms with van der Waals surface area (Å²) in [5.74, 6) is 0. The van der Waals surface area contributed by atoms with Crippen LogP contribution in [-0.2, 0) is 19.5 Å². The second-order valence-corrected chi connectivity index (χ2v) is 36.6. The highest BCUT2D eigenvalue weighted by atomic mass is 15.0. The fourth-order valence-electron chi connectivity index (χ4n) is 21.3. The summed E-state index contributed by atoms with van der Waals surface area (Å²) >= 11 is 0. The van der Waals surface area contributed by atoms with Crippen LogP contribution in [0.3, 0.4) is 0 Å². The zero-order valence-electron chi connectivity index (χ0n) is 77.5. The van der Waals surface area contributed by atoms with Gasteiger partial charge in [0.1, 0.15) is 0 Å². The van der Waals surface area contributed by atoms with E-state index in [1.165, 1.54) is 209 Å². The van der Waals surface area contributed by atoms with Crippen LogP contribution in [0.1, 0.15) is 45.9 Å². The molecule has 6 nitrogen and oxygen atoms in total. The maximum atomic E-state index is 2.48. The number of hydrogen-bond acceptors (Lipinski definition) is 0. The zero-order valence-corrected chi connectivity index (χ0v) is 77.5. The van der Waals surface area contributed by atoms with Crippen LogP contribution in [-0.4, -0.2) is 27.4 Å². The van der Waals surface area contributed by atoms with Crippen molar-refractivity contribution in [2.45, 2.75) is 26.4 Å². The van der Waals surface area contributed by atoms with Crippen LogP contribution >= 0.6 is 0 Å². The molecule has 6 aromatic heterocycles. The van der Waals surface area contributed by atoms with E-state index in [-0.39, 0.29) is 0 Å². The van der Waals surface area contributed by atoms with Crippen LogP contribution < -0.4 is 0 Å². The Morgan fingerprint density at radius 3 is 0.600 bits per heavy atom. The van der Waals surface area contributed by atoms with Crippen LogP contribution in [0, 0.1) is 0 Å². The van der Waals surface area contributed by atoms with Gasteiger partial charge in [0.05, 0.1) is 44.1 Å². The minimum Gasteiger partial charge on any atom is -0.341 e. The van der Waals surface area contributed by atoms with Gasteiger partial charge in [0.25, 0.3) is 0 Å². The van der Waals surface area contributed by atoms with E-state index in [9.17, 15) is 0 Å². The van der Waals surface area contributed by atoms with E-state index in [1.54, 1.807) is 0 Å². The predicted octanol–water partition coefficient (Wildman–Crippen LogP) is 36.0. The summed E-state index contributed by atoms with van der Waals surface area (Å²) in [5, 5.41) is 15.4. The summed E-state index contributed by atoms with van der Waals surface area (Å²) < 4.78 is 14.1. The topological polar surface area (TPSA) is 29.6 Å². The maximum Gasteiger partial charge on any atom is 0.0534 e. The Bertz CT molecular complexity index is 8780. The smallest absolute Gasteiger partial charge is 0.0534 e. The molecule has 0 atom stereocenters. The second-order valence-electron chi connectivity index (χ2n) is 36.6. The van der Waals surface area contributed by atoms with Gasteiger partial charge in [-0.25, -0.2) is 0 Å². The molecule has 662 valence electrons. The van der Waals surface area contributed by atoms with Crippen LogP contribution in [0.4, 0.5) is 0 Å². The lowest BCUT2D eigenvalue weighted by molar-refractivity contribution is 0.745. The zero-order chi connectivity index (χ0) is 92.9. The van der Waals surface area contributed by atoms with Gasteiger partial charge >= 0.3 is 0 Å². The van der Waals surface area contributed by atoms with Crippen molar-refractivity contribution in [3.8, 4) is 66.8 Å². The Morgan fingerprint density at radius 2 is 0.350 bits per heavy atom. The SMILES string of the molecule is C(=C\n1c2ccccc2c2ccccc21)/c1ccc(-c2cc(-c3ccc(/C=C/n4c5ccccc5c5ccccc54)cc3)cc(-c3ccc(CCn4c5ccccc5c5ccccc54)cc3)c2)cc1.CCn1c2ccccc2c2ccc(C=Cc3ccc(-c4cc(-c5ccc(/C=C/n6c7ccccc7c7ccccc76)cc5)cc(-c5ccc(/C=C/n6c7ccccc7c7ccccc76)cc5)c4)cc3)cc21. The first-order chi connectivity index (χ1) is 69.3. The highest BCUT2D eigenvalue weighted by Gasteiger charge is 2.19. The van der Waals surface area contributed by atoms with Crippen molar-refractivity contribution >= 4 is 192 Å². The summed E-state index contributed by atoms with van der Waals surface area (Å²) in [6, 6.07) is 170. The molecule has 0 aliphatic carbocycles. The van der Waals surface area contributed by atoms with E-state index in [1.807, 2.05) is 0 Å². The number of hydrogen-bond donors (Lipinski definition) is 0. The molecule has 0 bridgehead atoms. The maximum absolute atomic E-state index is 2.48. The minimum atomic E-state index is 0.917. The number of fused-ring (bicyclic) bond motifs is 18. The molecule has 20 aromatic carbocycles. The van der Waals surface area contributed by atoms with Crippen molar-refractivity contribution in [1.82, 2.24) is 27.4 Å². The predicted molar refractivity (Wildman–Crippen MR) is 601 cm³/mol. The number of nitrogens with zero attached hydrogens (tertiary/aromatic N) is 6. The molecule has 6 heterocycles. The van der Waals surface area contributed by atoms with E-state index in [0.29, 0.717) is 0 Å². The van der Waals surface area contributed by atoms with Crippen molar-refractivity contribution in [3.05, 3.63) is 506 Å². The fourth-order valence-corrected chi connectivity index (χ4v) is 21.3. The van der Waals surface area contributed by atoms with E-state index >= 15 is 0 Å². The van der Waals surface area contributed by atoms with Crippen molar-refractivity contribution in [2.75, 3.05) is 0 Å². The third-order valence-corrected chi connectivity index (χ3v) is 28.4. The Hall–Kier alpha value is -18.1. The number of aromatic nitrogens is 6. The Labute approximate surface area is 813 Å². The van der Waals surface area contributed by atoms with Gasteiger partial charge in [-0.3, -0.25) is 0 Å². The van der Waals surface area contributed by atoms with Crippen LogP contribution in [0.15, 0.2) is 467 Å². The van der Waals surface area contributed by atoms with Crippen LogP contribution in [0.25, 0.3) is 259 Å². The number of benzene rings is 20. The van der Waals surface area contributed by atoms with Gasteiger partial charge in [0.2, 0.25) is 0 Å². The number of aryl methyl sites for hydroxylation is 3. The first kappa shape index (κ1) is 83.7. The van der Waals surface area contributed by atoms with Gasteiger partial charge in [0, 0.05) is 125 Å². The molecule has 26 aromatic rings. The molecule has 0 unspecified atom stereocenters. The van der Waals surface area contributed by atoms with E-state index in [4.69, 9.17) is 0 Å². The molecular weight excluding hydrogens is 1690 g/mol. The molecule has 0 saturated carbocycles. The Balaban J connectivity index is 0.000000148. The normalized spacial score (nSPS) is 12.1. The third-order valence-electron chi connectivity index (χ3n) is 28.4. The van der Waals surface area contributed by atoms with E-state index in [0.717, 1.165) is 47.3 Å². The molecule has 0 amide bonds. The number of para-hydroxylation sites is 11. The molecule has 0 saturated heterocycles. The molecule has 26 rings (SSSR count). The first-order valence-electron chi connectivity index (χ1n) is 48.5. The van der Waals surface area contributed by atoms with Crippen molar-refractivity contribution in [3.63, 3.8) is 0 Å². The highest BCUT2D eigenvalue weighted by molar-refractivity contribution is 6.15. The average molecular weight is 1790 g/mol. The second kappa shape index (κ2) is 36.3. The monoisotopic (exact) mass is 1790 g/mol.